The Bertz CT molecular complexity index is 2140. The molecule has 0 fully saturated rings. The Balaban J connectivity index is 1.36. The van der Waals surface area contributed by atoms with E-state index in [2.05, 4.69) is 40.2 Å². The van der Waals surface area contributed by atoms with E-state index in [9.17, 15) is 17.6 Å². The third-order valence-corrected chi connectivity index (χ3v) is 7.50. The Morgan fingerprint density at radius 3 is 2.55 bits per heavy atom. The predicted molar refractivity (Wildman–Crippen MR) is 166 cm³/mol. The van der Waals surface area contributed by atoms with E-state index in [1.165, 1.54) is 12.1 Å². The van der Waals surface area contributed by atoms with Crippen molar-refractivity contribution < 1.29 is 17.6 Å². The maximum atomic E-state index is 14.6. The van der Waals surface area contributed by atoms with Crippen molar-refractivity contribution in [2.45, 2.75) is 6.54 Å². The molecule has 5 aromatic heterocycles. The van der Waals surface area contributed by atoms with Crippen LogP contribution in [0.3, 0.4) is 0 Å². The second-order valence-electron chi connectivity index (χ2n) is 10.7. The monoisotopic (exact) mass is 613 g/mol. The molecule has 1 amide bonds. The molecule has 4 N–H and O–H groups in total. The van der Waals surface area contributed by atoms with Gasteiger partial charge in [0, 0.05) is 40.8 Å². The van der Waals surface area contributed by atoms with Crippen LogP contribution < -0.4 is 10.0 Å². The maximum absolute atomic E-state index is 14.6. The lowest BCUT2D eigenvalue weighted by atomic mass is 10.0. The number of hydrogen-bond acceptors (Lipinski definition) is 8. The fourth-order valence-corrected chi connectivity index (χ4v) is 5.38. The summed E-state index contributed by atoms with van der Waals surface area (Å²) in [5, 5.41) is 12.0. The number of pyridine rings is 3. The molecule has 14 heteroatoms. The van der Waals surface area contributed by atoms with E-state index >= 15 is 0 Å². The van der Waals surface area contributed by atoms with E-state index in [1.807, 2.05) is 32.3 Å². The average molecular weight is 614 g/mol. The van der Waals surface area contributed by atoms with Crippen molar-refractivity contribution in [3.8, 4) is 33.8 Å². The Labute approximate surface area is 251 Å². The zero-order valence-corrected chi connectivity index (χ0v) is 24.8. The molecule has 0 spiro atoms. The Hall–Kier alpha value is -5.05. The maximum Gasteiger partial charge on any atom is 0.238 e. The lowest BCUT2D eigenvalue weighted by Crippen LogP contribution is -2.27. The number of sulfonamides is 1. The number of likely N-dealkylation sites (N-methyl/N-ethyl adjacent to an activating group) is 1. The molecule has 0 aliphatic heterocycles. The van der Waals surface area contributed by atoms with Gasteiger partial charge in [0.1, 0.15) is 11.5 Å². The molecule has 0 aliphatic carbocycles. The van der Waals surface area contributed by atoms with Crippen molar-refractivity contribution in [3.63, 3.8) is 0 Å². The fourth-order valence-electron chi connectivity index (χ4n) is 4.95. The minimum absolute atomic E-state index is 0.0398. The van der Waals surface area contributed by atoms with E-state index in [-0.39, 0.29) is 19.0 Å². The van der Waals surface area contributed by atoms with Crippen LogP contribution in [-0.4, -0.2) is 76.3 Å². The van der Waals surface area contributed by atoms with E-state index in [4.69, 9.17) is 0 Å². The van der Waals surface area contributed by atoms with Gasteiger partial charge in [-0.2, -0.15) is 5.10 Å². The highest BCUT2D eigenvalue weighted by Gasteiger charge is 2.16. The quantitative estimate of drug-likeness (QED) is 0.191. The molecule has 0 radical (unpaired) electrons. The number of anilines is 1. The first-order valence-electron chi connectivity index (χ1n) is 13.5. The largest absolute Gasteiger partial charge is 0.352 e. The van der Waals surface area contributed by atoms with E-state index in [1.54, 1.807) is 42.0 Å². The van der Waals surface area contributed by atoms with Crippen molar-refractivity contribution in [2.24, 2.45) is 0 Å². The van der Waals surface area contributed by atoms with Gasteiger partial charge in [0.25, 0.3) is 0 Å². The summed E-state index contributed by atoms with van der Waals surface area (Å²) in [7, 11) is 0.194. The van der Waals surface area contributed by atoms with Crippen molar-refractivity contribution in [2.75, 3.05) is 32.2 Å². The van der Waals surface area contributed by atoms with Crippen LogP contribution in [0.15, 0.2) is 67.4 Å². The molecule has 0 atom stereocenters. The van der Waals surface area contributed by atoms with Crippen LogP contribution in [0.5, 0.6) is 0 Å². The van der Waals surface area contributed by atoms with E-state index in [0.717, 1.165) is 28.1 Å². The van der Waals surface area contributed by atoms with Gasteiger partial charge in [0.2, 0.25) is 15.9 Å². The van der Waals surface area contributed by atoms with Crippen molar-refractivity contribution in [1.29, 1.82) is 0 Å². The number of carbonyl (C=O) groups is 1. The van der Waals surface area contributed by atoms with Crippen LogP contribution in [0, 0.1) is 5.82 Å². The SMILES string of the molecule is CN(C)CC(=O)Nc1cncc(-c2cc3c(-c4cc5c(-c6cc(F)cc(CNS(C)(=O)=O)c6)cncc5[nH]4)n[nH]c3cn2)c1. The topological polar surface area (TPSA) is 162 Å². The molecular weight excluding hydrogens is 585 g/mol. The van der Waals surface area contributed by atoms with Crippen LogP contribution >= 0.6 is 0 Å². The molecule has 0 bridgehead atoms. The molecule has 12 nitrogen and oxygen atoms in total. The Morgan fingerprint density at radius 2 is 1.75 bits per heavy atom. The molecule has 5 heterocycles. The third kappa shape index (κ3) is 6.32. The zero-order chi connectivity index (χ0) is 31.0. The second-order valence-corrected chi connectivity index (χ2v) is 12.5. The second kappa shape index (κ2) is 11.6. The Kier molecular flexibility index (Phi) is 7.63. The molecule has 6 aromatic rings. The molecule has 44 heavy (non-hydrogen) atoms. The van der Waals surface area contributed by atoms with Gasteiger partial charge in [-0.1, -0.05) is 0 Å². The minimum Gasteiger partial charge on any atom is -0.352 e. The van der Waals surface area contributed by atoms with Crippen molar-refractivity contribution >= 4 is 43.4 Å². The number of carbonyl (C=O) groups excluding carboxylic acids is 1. The normalized spacial score (nSPS) is 11.9. The number of benzene rings is 1. The summed E-state index contributed by atoms with van der Waals surface area (Å²) in [6.07, 6.45) is 9.32. The van der Waals surface area contributed by atoms with Crippen LogP contribution in [-0.2, 0) is 21.4 Å². The lowest BCUT2D eigenvalue weighted by molar-refractivity contribution is -0.116. The number of aromatic amines is 2. The molecule has 224 valence electrons. The number of halogens is 1. The number of fused-ring (bicyclic) bond motifs is 2. The molecule has 0 saturated heterocycles. The number of aromatic nitrogens is 6. The van der Waals surface area contributed by atoms with E-state index in [0.29, 0.717) is 45.0 Å². The number of H-pyrrole nitrogens is 2. The van der Waals surface area contributed by atoms with E-state index < -0.39 is 15.8 Å². The van der Waals surface area contributed by atoms with Crippen molar-refractivity contribution in [3.05, 3.63) is 78.8 Å². The molecular formula is C30H28FN9O3S. The predicted octanol–water partition coefficient (Wildman–Crippen LogP) is 3.92. The Morgan fingerprint density at radius 1 is 0.932 bits per heavy atom. The van der Waals surface area contributed by atoms with Gasteiger partial charge in [-0.05, 0) is 61.6 Å². The third-order valence-electron chi connectivity index (χ3n) is 6.83. The van der Waals surface area contributed by atoms with Gasteiger partial charge in [-0.3, -0.25) is 24.8 Å². The number of rotatable bonds is 9. The first kappa shape index (κ1) is 29.0. The van der Waals surface area contributed by atoms with Crippen molar-refractivity contribution in [1.82, 2.24) is 39.8 Å². The standard InChI is InChI=1S/C30H28FN9O3S/c1-40(2)16-29(41)36-21-7-19(11-32-12-21)25-9-23-28(15-34-25)38-39-30(23)26-8-22-24(13-33-14-27(22)37-26)18-4-17(5-20(31)6-18)10-35-44(3,42)43/h4-9,11-15,35,37H,10,16H2,1-3H3,(H,36,41)(H,38,39). The minimum atomic E-state index is -3.45. The number of amides is 1. The lowest BCUT2D eigenvalue weighted by Gasteiger charge is -2.10. The molecule has 1 aromatic carbocycles. The zero-order valence-electron chi connectivity index (χ0n) is 24.0. The van der Waals surface area contributed by atoms with Gasteiger partial charge >= 0.3 is 0 Å². The first-order chi connectivity index (χ1) is 21.0. The van der Waals surface area contributed by atoms with Gasteiger partial charge in [0.05, 0.1) is 59.5 Å². The first-order valence-corrected chi connectivity index (χ1v) is 15.4. The summed E-state index contributed by atoms with van der Waals surface area (Å²) in [5.41, 5.74) is 6.42. The highest BCUT2D eigenvalue weighted by Crippen LogP contribution is 2.35. The number of nitrogens with one attached hydrogen (secondary N) is 4. The summed E-state index contributed by atoms with van der Waals surface area (Å²) in [5.74, 6) is -0.642. The van der Waals surface area contributed by atoms with Gasteiger partial charge < -0.3 is 15.2 Å². The molecule has 0 saturated carbocycles. The van der Waals surface area contributed by atoms with Crippen LogP contribution in [0.2, 0.25) is 0 Å². The smallest absolute Gasteiger partial charge is 0.238 e. The highest BCUT2D eigenvalue weighted by molar-refractivity contribution is 7.88. The summed E-state index contributed by atoms with van der Waals surface area (Å²) in [6.45, 7) is 0.206. The molecule has 0 aliphatic rings. The number of hydrogen-bond donors (Lipinski definition) is 4. The fraction of sp³-hybridized carbons (Fsp3) is 0.167. The van der Waals surface area contributed by atoms with Gasteiger partial charge in [-0.25, -0.2) is 17.5 Å². The van der Waals surface area contributed by atoms with Gasteiger partial charge in [0.15, 0.2) is 0 Å². The summed E-state index contributed by atoms with van der Waals surface area (Å²) in [4.78, 5) is 30.6. The molecule has 6 rings (SSSR count). The van der Waals surface area contributed by atoms with Gasteiger partial charge in [-0.15, -0.1) is 0 Å². The summed E-state index contributed by atoms with van der Waals surface area (Å²) >= 11 is 0. The highest BCUT2D eigenvalue weighted by atomic mass is 32.2. The average Bonchev–Trinajstić information content (AvgIpc) is 3.59. The van der Waals surface area contributed by atoms with Crippen LogP contribution in [0.25, 0.3) is 55.6 Å². The van der Waals surface area contributed by atoms with Crippen LogP contribution in [0.4, 0.5) is 10.1 Å². The van der Waals surface area contributed by atoms with Crippen LogP contribution in [0.1, 0.15) is 5.56 Å². The molecule has 0 unspecified atom stereocenters. The summed E-state index contributed by atoms with van der Waals surface area (Å²) in [6, 6.07) is 10.0. The summed E-state index contributed by atoms with van der Waals surface area (Å²) < 4.78 is 40.1. The number of nitrogens with zero attached hydrogens (tertiary/aromatic N) is 5.